The Morgan fingerprint density at radius 3 is 2.55 bits per heavy atom. The second-order valence-corrected chi connectivity index (χ2v) is 11.6. The summed E-state index contributed by atoms with van der Waals surface area (Å²) in [6.45, 7) is 8.03. The fraction of sp³-hybridized carbons (Fsp3) is 0.241. The van der Waals surface area contributed by atoms with Crippen molar-refractivity contribution < 1.29 is 19.4 Å². The van der Waals surface area contributed by atoms with Crippen molar-refractivity contribution in [3.8, 4) is 5.75 Å². The smallest absolute Gasteiger partial charge is 0.301 e. The Bertz CT molecular complexity index is 1580. The second kappa shape index (κ2) is 9.53. The lowest BCUT2D eigenvalue weighted by molar-refractivity contribution is -0.132. The molecule has 3 heterocycles. The van der Waals surface area contributed by atoms with Crippen LogP contribution in [0.3, 0.4) is 0 Å². The van der Waals surface area contributed by atoms with Gasteiger partial charge < -0.3 is 9.84 Å². The van der Waals surface area contributed by atoms with Crippen LogP contribution in [-0.2, 0) is 15.0 Å². The van der Waals surface area contributed by atoms with Gasteiger partial charge in [-0.2, -0.15) is 0 Å². The minimum atomic E-state index is -0.990. The molecule has 5 rings (SSSR count). The summed E-state index contributed by atoms with van der Waals surface area (Å²) in [5.74, 6) is -1.57. The fourth-order valence-corrected chi connectivity index (χ4v) is 5.72. The molecule has 4 aromatic rings. The Morgan fingerprint density at radius 2 is 1.89 bits per heavy atom. The number of ketones is 1. The van der Waals surface area contributed by atoms with Crippen LogP contribution in [0.1, 0.15) is 49.2 Å². The SMILES string of the molecule is COc1ccc(C(C)(C)C)cc1/C(O)=C1\C(=O)C(=O)N(c2nc3cc(Cl)c(C)cc3s2)C1c1ccccn1. The summed E-state index contributed by atoms with van der Waals surface area (Å²) in [5, 5.41) is 12.5. The van der Waals surface area contributed by atoms with Crippen LogP contribution in [0.25, 0.3) is 16.0 Å². The zero-order valence-corrected chi connectivity index (χ0v) is 23.1. The van der Waals surface area contributed by atoms with Gasteiger partial charge in [-0.25, -0.2) is 4.98 Å². The summed E-state index contributed by atoms with van der Waals surface area (Å²) in [4.78, 5) is 37.5. The third-order valence-corrected chi connectivity index (χ3v) is 8.02. The number of nitrogens with zero attached hydrogens (tertiary/aromatic N) is 3. The number of carbonyl (C=O) groups excluding carboxylic acids is 2. The van der Waals surface area contributed by atoms with E-state index in [0.29, 0.717) is 32.7 Å². The van der Waals surface area contributed by atoms with Gasteiger partial charge in [0.25, 0.3) is 5.78 Å². The predicted octanol–water partition coefficient (Wildman–Crippen LogP) is 6.59. The summed E-state index contributed by atoms with van der Waals surface area (Å²) >= 11 is 7.58. The summed E-state index contributed by atoms with van der Waals surface area (Å²) in [6, 6.07) is 13.3. The lowest BCUT2D eigenvalue weighted by Gasteiger charge is -2.23. The average molecular weight is 548 g/mol. The molecule has 1 unspecified atom stereocenters. The number of amides is 1. The van der Waals surface area contributed by atoms with E-state index in [4.69, 9.17) is 16.3 Å². The molecule has 0 spiro atoms. The zero-order chi connectivity index (χ0) is 27.4. The van der Waals surface area contributed by atoms with Gasteiger partial charge in [0.15, 0.2) is 5.13 Å². The molecule has 1 atom stereocenters. The molecule has 1 fully saturated rings. The van der Waals surface area contributed by atoms with Gasteiger partial charge in [0, 0.05) is 11.2 Å². The number of halogens is 1. The van der Waals surface area contributed by atoms with Gasteiger partial charge in [0.05, 0.1) is 34.2 Å². The van der Waals surface area contributed by atoms with Gasteiger partial charge >= 0.3 is 5.91 Å². The van der Waals surface area contributed by atoms with Crippen molar-refractivity contribution in [3.63, 3.8) is 0 Å². The monoisotopic (exact) mass is 547 g/mol. The molecule has 9 heteroatoms. The van der Waals surface area contributed by atoms with Crippen LogP contribution in [0.2, 0.25) is 5.02 Å². The molecule has 1 saturated heterocycles. The van der Waals surface area contributed by atoms with Gasteiger partial charge in [0.2, 0.25) is 0 Å². The van der Waals surface area contributed by atoms with Crippen molar-refractivity contribution in [2.75, 3.05) is 12.0 Å². The molecular weight excluding hydrogens is 522 g/mol. The number of fused-ring (bicyclic) bond motifs is 1. The number of aromatic nitrogens is 2. The van der Waals surface area contributed by atoms with E-state index in [-0.39, 0.29) is 16.7 Å². The number of methoxy groups -OCH3 is 1. The number of aliphatic hydroxyl groups excluding tert-OH is 1. The number of anilines is 1. The first-order valence-corrected chi connectivity index (χ1v) is 13.2. The molecule has 1 N–H and O–H groups in total. The Balaban J connectivity index is 1.75. The molecule has 2 aromatic carbocycles. The molecule has 2 aromatic heterocycles. The van der Waals surface area contributed by atoms with E-state index in [9.17, 15) is 14.7 Å². The lowest BCUT2D eigenvalue weighted by atomic mass is 9.85. The van der Waals surface area contributed by atoms with E-state index >= 15 is 0 Å². The maximum Gasteiger partial charge on any atom is 0.301 e. The molecule has 7 nitrogen and oxygen atoms in total. The van der Waals surface area contributed by atoms with Gasteiger partial charge in [-0.05, 0) is 59.9 Å². The van der Waals surface area contributed by atoms with E-state index in [1.165, 1.54) is 23.3 Å². The molecule has 1 amide bonds. The quantitative estimate of drug-likeness (QED) is 0.176. The number of aliphatic hydroxyl groups is 1. The maximum absolute atomic E-state index is 13.6. The van der Waals surface area contributed by atoms with Crippen molar-refractivity contribution >= 4 is 55.7 Å². The van der Waals surface area contributed by atoms with Crippen LogP contribution in [0.5, 0.6) is 5.75 Å². The number of ether oxygens (including phenoxy) is 1. The number of benzene rings is 2. The van der Waals surface area contributed by atoms with Crippen LogP contribution in [0.4, 0.5) is 5.13 Å². The van der Waals surface area contributed by atoms with Gasteiger partial charge in [0.1, 0.15) is 17.6 Å². The number of hydrogen-bond acceptors (Lipinski definition) is 7. The van der Waals surface area contributed by atoms with Gasteiger partial charge in [-0.1, -0.05) is 55.8 Å². The number of pyridine rings is 1. The Labute approximate surface area is 229 Å². The first kappa shape index (κ1) is 25.9. The minimum Gasteiger partial charge on any atom is -0.507 e. The van der Waals surface area contributed by atoms with Crippen molar-refractivity contribution in [2.45, 2.75) is 39.2 Å². The van der Waals surface area contributed by atoms with E-state index in [2.05, 4.69) is 9.97 Å². The Hall–Kier alpha value is -3.75. The topological polar surface area (TPSA) is 92.6 Å². The number of hydrogen-bond donors (Lipinski definition) is 1. The molecule has 0 bridgehead atoms. The third-order valence-electron chi connectivity index (χ3n) is 6.60. The van der Waals surface area contributed by atoms with Crippen molar-refractivity contribution in [3.05, 3.63) is 87.7 Å². The lowest BCUT2D eigenvalue weighted by Crippen LogP contribution is -2.29. The number of rotatable bonds is 4. The summed E-state index contributed by atoms with van der Waals surface area (Å²) in [7, 11) is 1.49. The van der Waals surface area contributed by atoms with Crippen molar-refractivity contribution in [1.82, 2.24) is 9.97 Å². The first-order chi connectivity index (χ1) is 18.0. The highest BCUT2D eigenvalue weighted by Gasteiger charge is 2.49. The Kier molecular flexibility index (Phi) is 6.49. The largest absolute Gasteiger partial charge is 0.507 e. The maximum atomic E-state index is 13.6. The van der Waals surface area contributed by atoms with Crippen molar-refractivity contribution in [1.29, 1.82) is 0 Å². The number of carbonyl (C=O) groups is 2. The summed E-state index contributed by atoms with van der Waals surface area (Å²) in [6.07, 6.45) is 1.58. The van der Waals surface area contributed by atoms with Gasteiger partial charge in [-0.3, -0.25) is 19.5 Å². The van der Waals surface area contributed by atoms with E-state index in [1.807, 2.05) is 39.8 Å². The number of thiazole rings is 1. The van der Waals surface area contributed by atoms with Crippen LogP contribution >= 0.6 is 22.9 Å². The minimum absolute atomic E-state index is 0.0773. The highest BCUT2D eigenvalue weighted by Crippen LogP contribution is 2.45. The van der Waals surface area contributed by atoms with Crippen LogP contribution in [-0.4, -0.2) is 33.9 Å². The molecule has 0 saturated carbocycles. The van der Waals surface area contributed by atoms with Crippen LogP contribution in [0.15, 0.2) is 60.3 Å². The normalized spacial score (nSPS) is 17.4. The van der Waals surface area contributed by atoms with E-state index < -0.39 is 17.7 Å². The summed E-state index contributed by atoms with van der Waals surface area (Å²) < 4.78 is 6.35. The highest BCUT2D eigenvalue weighted by molar-refractivity contribution is 7.22. The molecule has 1 aliphatic rings. The molecule has 0 aliphatic carbocycles. The highest BCUT2D eigenvalue weighted by atomic mass is 35.5. The first-order valence-electron chi connectivity index (χ1n) is 12.0. The Morgan fingerprint density at radius 1 is 1.13 bits per heavy atom. The van der Waals surface area contributed by atoms with Gasteiger partial charge in [-0.15, -0.1) is 0 Å². The zero-order valence-electron chi connectivity index (χ0n) is 21.6. The molecular formula is C29H26ClN3O4S. The number of aryl methyl sites for hydroxylation is 1. The third kappa shape index (κ3) is 4.33. The fourth-order valence-electron chi connectivity index (χ4n) is 4.49. The number of Topliss-reactive ketones (excluding diaryl/α,β-unsaturated/α-hetero) is 1. The molecule has 1 aliphatic heterocycles. The molecule has 0 radical (unpaired) electrons. The predicted molar refractivity (Wildman–Crippen MR) is 150 cm³/mol. The second-order valence-electron chi connectivity index (χ2n) is 10.2. The van der Waals surface area contributed by atoms with Crippen LogP contribution in [0, 0.1) is 6.92 Å². The molecule has 38 heavy (non-hydrogen) atoms. The van der Waals surface area contributed by atoms with E-state index in [1.54, 1.807) is 42.6 Å². The summed E-state index contributed by atoms with van der Waals surface area (Å²) in [5.41, 5.74) is 2.87. The standard InChI is InChI=1S/C29H26ClN3O4S/c1-15-12-22-20(14-18(15)30)32-28(38-22)33-24(19-8-6-7-11-31-19)23(26(35)27(33)36)25(34)17-13-16(29(2,3)4)9-10-21(17)37-5/h6-14,24,34H,1-5H3/b25-23+. The van der Waals surface area contributed by atoms with E-state index in [0.717, 1.165) is 15.8 Å². The van der Waals surface area contributed by atoms with Crippen LogP contribution < -0.4 is 9.64 Å². The van der Waals surface area contributed by atoms with Crippen molar-refractivity contribution in [2.24, 2.45) is 0 Å². The average Bonchev–Trinajstić information content (AvgIpc) is 3.40. The molecule has 194 valence electrons.